The summed E-state index contributed by atoms with van der Waals surface area (Å²) in [6.07, 6.45) is 0.0541. The summed E-state index contributed by atoms with van der Waals surface area (Å²) in [4.78, 5) is 17.2. The number of thiophene rings is 1. The number of amides is 1. The van der Waals surface area contributed by atoms with Crippen molar-refractivity contribution in [1.29, 1.82) is 0 Å². The molecule has 2 heterocycles. The molecule has 1 amide bonds. The van der Waals surface area contributed by atoms with E-state index in [9.17, 15) is 4.79 Å². The molecule has 0 spiro atoms. The van der Waals surface area contributed by atoms with Crippen LogP contribution in [0.4, 0.5) is 0 Å². The van der Waals surface area contributed by atoms with Gasteiger partial charge in [0.2, 0.25) is 5.91 Å². The molecule has 1 aromatic rings. The zero-order valence-electron chi connectivity index (χ0n) is 13.9. The highest BCUT2D eigenvalue weighted by atomic mass is 32.1. The highest BCUT2D eigenvalue weighted by Gasteiger charge is 2.65. The van der Waals surface area contributed by atoms with E-state index in [4.69, 9.17) is 0 Å². The second-order valence-corrected chi connectivity index (χ2v) is 9.05. The Morgan fingerprint density at radius 1 is 1.24 bits per heavy atom. The molecule has 116 valence electrons. The topological polar surface area (TPSA) is 32.3 Å². The molecule has 2 atom stereocenters. The number of nitrogens with zero attached hydrogens (tertiary/aromatic N) is 1. The third kappa shape index (κ3) is 2.15. The fourth-order valence-electron chi connectivity index (χ4n) is 3.79. The molecular weight excluding hydrogens is 280 g/mol. The lowest BCUT2D eigenvalue weighted by Gasteiger charge is -2.24. The Bertz CT molecular complexity index is 561. The summed E-state index contributed by atoms with van der Waals surface area (Å²) in [6.45, 7) is 14.2. The average molecular weight is 306 g/mol. The van der Waals surface area contributed by atoms with E-state index in [2.05, 4.69) is 57.0 Å². The Morgan fingerprint density at radius 2 is 1.86 bits per heavy atom. The van der Waals surface area contributed by atoms with Crippen LogP contribution in [0.25, 0.3) is 0 Å². The number of carbonyl (C=O) groups is 1. The lowest BCUT2D eigenvalue weighted by molar-refractivity contribution is -0.130. The van der Waals surface area contributed by atoms with Gasteiger partial charge in [-0.05, 0) is 42.7 Å². The summed E-state index contributed by atoms with van der Waals surface area (Å²) in [6, 6.07) is 4.21. The van der Waals surface area contributed by atoms with Crippen molar-refractivity contribution in [3.63, 3.8) is 0 Å². The molecule has 2 fully saturated rings. The molecule has 4 heteroatoms. The Hall–Kier alpha value is -0.870. The first-order valence-corrected chi connectivity index (χ1v) is 8.61. The van der Waals surface area contributed by atoms with Gasteiger partial charge < -0.3 is 4.90 Å². The maximum Gasteiger partial charge on any atom is 0.241 e. The minimum absolute atomic E-state index is 0.0541. The van der Waals surface area contributed by atoms with Gasteiger partial charge >= 0.3 is 0 Å². The Balaban J connectivity index is 1.83. The lowest BCUT2D eigenvalue weighted by atomic mass is 10.0. The van der Waals surface area contributed by atoms with E-state index in [0.29, 0.717) is 16.7 Å². The van der Waals surface area contributed by atoms with Crippen LogP contribution < -0.4 is 5.32 Å². The molecule has 1 saturated carbocycles. The van der Waals surface area contributed by atoms with E-state index in [-0.39, 0.29) is 18.1 Å². The first kappa shape index (κ1) is 15.0. The van der Waals surface area contributed by atoms with Crippen LogP contribution in [0.2, 0.25) is 0 Å². The number of nitrogens with one attached hydrogen (secondary N) is 1. The molecular formula is C17H26N2OS. The van der Waals surface area contributed by atoms with E-state index in [1.54, 1.807) is 11.3 Å². The Morgan fingerprint density at radius 3 is 2.33 bits per heavy atom. The summed E-state index contributed by atoms with van der Waals surface area (Å²) in [5.41, 5.74) is 0.629. The van der Waals surface area contributed by atoms with Crippen molar-refractivity contribution in [3.8, 4) is 0 Å². The van der Waals surface area contributed by atoms with Crippen molar-refractivity contribution in [3.05, 3.63) is 21.9 Å². The lowest BCUT2D eigenvalue weighted by Crippen LogP contribution is -2.33. The quantitative estimate of drug-likeness (QED) is 0.926. The molecule has 2 unspecified atom stereocenters. The second kappa shape index (κ2) is 4.56. The van der Waals surface area contributed by atoms with Crippen LogP contribution in [0.5, 0.6) is 0 Å². The van der Waals surface area contributed by atoms with Gasteiger partial charge in [-0.2, -0.15) is 0 Å². The third-order valence-corrected chi connectivity index (χ3v) is 7.16. The van der Waals surface area contributed by atoms with E-state index in [1.165, 1.54) is 9.75 Å². The summed E-state index contributed by atoms with van der Waals surface area (Å²) in [5, 5.41) is 3.46. The normalized spacial score (nSPS) is 31.0. The predicted molar refractivity (Wildman–Crippen MR) is 87.2 cm³/mol. The summed E-state index contributed by atoms with van der Waals surface area (Å²) in [7, 11) is 0. The van der Waals surface area contributed by atoms with E-state index in [0.717, 1.165) is 6.54 Å². The number of rotatable bonds is 3. The number of aryl methyl sites for hydroxylation is 1. The molecule has 1 saturated heterocycles. The molecule has 0 radical (unpaired) electrons. The first-order chi connectivity index (χ1) is 9.66. The van der Waals surface area contributed by atoms with Crippen molar-refractivity contribution in [2.45, 2.75) is 53.8 Å². The van der Waals surface area contributed by atoms with Crippen molar-refractivity contribution < 1.29 is 4.79 Å². The van der Waals surface area contributed by atoms with E-state index < -0.39 is 0 Å². The van der Waals surface area contributed by atoms with Crippen LogP contribution in [0, 0.1) is 23.7 Å². The SMILES string of the molecule is Cc1ccc(C2NC(C)C(=O)N2CC2C(C)(C)C2(C)C)s1. The van der Waals surface area contributed by atoms with Crippen LogP contribution in [-0.4, -0.2) is 23.4 Å². The van der Waals surface area contributed by atoms with Crippen LogP contribution in [0.15, 0.2) is 12.1 Å². The minimum atomic E-state index is -0.0811. The number of carbonyl (C=O) groups excluding carboxylic acids is 1. The zero-order chi connectivity index (χ0) is 15.6. The van der Waals surface area contributed by atoms with Gasteiger partial charge in [0.25, 0.3) is 0 Å². The van der Waals surface area contributed by atoms with Gasteiger partial charge in [0.05, 0.1) is 6.04 Å². The fourth-order valence-corrected chi connectivity index (χ4v) is 4.74. The van der Waals surface area contributed by atoms with Gasteiger partial charge in [0.15, 0.2) is 0 Å². The summed E-state index contributed by atoms with van der Waals surface area (Å²) in [5.74, 6) is 0.814. The number of hydrogen-bond acceptors (Lipinski definition) is 3. The molecule has 1 aliphatic heterocycles. The Kier molecular flexibility index (Phi) is 3.27. The maximum absolute atomic E-state index is 12.5. The van der Waals surface area contributed by atoms with Gasteiger partial charge in [-0.15, -0.1) is 11.3 Å². The molecule has 1 aliphatic carbocycles. The molecule has 3 nitrogen and oxygen atoms in total. The van der Waals surface area contributed by atoms with Crippen LogP contribution >= 0.6 is 11.3 Å². The van der Waals surface area contributed by atoms with Gasteiger partial charge in [-0.3, -0.25) is 10.1 Å². The third-order valence-electron chi connectivity index (χ3n) is 6.10. The van der Waals surface area contributed by atoms with Crippen LogP contribution in [0.3, 0.4) is 0 Å². The van der Waals surface area contributed by atoms with Gasteiger partial charge in [-0.1, -0.05) is 27.7 Å². The average Bonchev–Trinajstić information content (AvgIpc) is 2.79. The predicted octanol–water partition coefficient (Wildman–Crippen LogP) is 3.56. The molecule has 0 bridgehead atoms. The smallest absolute Gasteiger partial charge is 0.241 e. The summed E-state index contributed by atoms with van der Waals surface area (Å²) < 4.78 is 0. The largest absolute Gasteiger partial charge is 0.320 e. The van der Waals surface area contributed by atoms with Crippen molar-refractivity contribution in [2.75, 3.05) is 6.54 Å². The van der Waals surface area contributed by atoms with Crippen molar-refractivity contribution in [2.24, 2.45) is 16.7 Å². The van der Waals surface area contributed by atoms with Crippen molar-refractivity contribution >= 4 is 17.2 Å². The molecule has 2 aliphatic rings. The monoisotopic (exact) mass is 306 g/mol. The highest BCUT2D eigenvalue weighted by Crippen LogP contribution is 2.68. The molecule has 1 N–H and O–H groups in total. The minimum Gasteiger partial charge on any atom is -0.320 e. The standard InChI is InChI=1S/C17H26N2OS/c1-10-7-8-12(21-10)14-18-11(2)15(20)19(14)9-13-16(3,4)17(13,5)6/h7-8,11,13-14,18H,9H2,1-6H3. The van der Waals surface area contributed by atoms with E-state index in [1.807, 2.05) is 6.92 Å². The summed E-state index contributed by atoms with van der Waals surface area (Å²) >= 11 is 1.78. The molecule has 21 heavy (non-hydrogen) atoms. The van der Waals surface area contributed by atoms with Crippen molar-refractivity contribution in [1.82, 2.24) is 10.2 Å². The van der Waals surface area contributed by atoms with Crippen LogP contribution in [-0.2, 0) is 4.79 Å². The Labute approximate surface area is 131 Å². The van der Waals surface area contributed by atoms with Gasteiger partial charge in [-0.25, -0.2) is 0 Å². The highest BCUT2D eigenvalue weighted by molar-refractivity contribution is 7.12. The number of hydrogen-bond donors (Lipinski definition) is 1. The maximum atomic E-state index is 12.5. The van der Waals surface area contributed by atoms with Crippen LogP contribution in [0.1, 0.15) is 50.5 Å². The molecule has 3 rings (SSSR count). The van der Waals surface area contributed by atoms with E-state index >= 15 is 0 Å². The molecule has 1 aromatic heterocycles. The molecule has 0 aromatic carbocycles. The zero-order valence-corrected chi connectivity index (χ0v) is 14.7. The van der Waals surface area contributed by atoms with Gasteiger partial charge in [0, 0.05) is 16.3 Å². The first-order valence-electron chi connectivity index (χ1n) is 7.79. The van der Waals surface area contributed by atoms with Gasteiger partial charge in [0.1, 0.15) is 6.17 Å². The second-order valence-electron chi connectivity index (χ2n) is 7.73. The fraction of sp³-hybridized carbons (Fsp3) is 0.706.